The summed E-state index contributed by atoms with van der Waals surface area (Å²) in [5.41, 5.74) is -1.09. The highest BCUT2D eigenvalue weighted by Crippen LogP contribution is 2.18. The van der Waals surface area contributed by atoms with Gasteiger partial charge in [-0.1, -0.05) is 6.92 Å². The van der Waals surface area contributed by atoms with Crippen LogP contribution in [0.25, 0.3) is 0 Å². The van der Waals surface area contributed by atoms with E-state index in [1.165, 1.54) is 13.8 Å². The molecule has 0 amide bonds. The molecule has 0 spiro atoms. The number of carbonyl (C=O) groups is 3. The number of hydrogen-bond acceptors (Lipinski definition) is 6. The number of ether oxygens (including phenoxy) is 2. The van der Waals surface area contributed by atoms with Crippen LogP contribution in [0.3, 0.4) is 0 Å². The van der Waals surface area contributed by atoms with Gasteiger partial charge in [0, 0.05) is 17.7 Å². The van der Waals surface area contributed by atoms with Gasteiger partial charge in [-0.05, 0) is 44.5 Å². The molecule has 0 bridgehead atoms. The van der Waals surface area contributed by atoms with Gasteiger partial charge in [0.15, 0.2) is 5.78 Å². The van der Waals surface area contributed by atoms with Crippen molar-refractivity contribution in [3.8, 4) is 5.75 Å². The number of hydrogen-bond donors (Lipinski definition) is 2. The Bertz CT molecular complexity index is 638. The van der Waals surface area contributed by atoms with Crippen LogP contribution in [0.1, 0.15) is 37.6 Å². The third-order valence-corrected chi connectivity index (χ3v) is 3.20. The lowest BCUT2D eigenvalue weighted by Crippen LogP contribution is -2.31. The van der Waals surface area contributed by atoms with Crippen molar-refractivity contribution in [2.75, 3.05) is 6.61 Å². The van der Waals surface area contributed by atoms with Gasteiger partial charge < -0.3 is 19.7 Å². The highest BCUT2D eigenvalue weighted by molar-refractivity contribution is 6.01. The summed E-state index contributed by atoms with van der Waals surface area (Å²) in [6, 6.07) is 6.27. The topological polar surface area (TPSA) is 110 Å². The van der Waals surface area contributed by atoms with E-state index in [4.69, 9.17) is 14.6 Å². The number of carbonyl (C=O) groups excluding carboxylic acids is 2. The van der Waals surface area contributed by atoms with Gasteiger partial charge in [-0.25, -0.2) is 9.59 Å². The Morgan fingerprint density at radius 3 is 2.24 bits per heavy atom. The van der Waals surface area contributed by atoms with Crippen LogP contribution in [0.15, 0.2) is 36.4 Å². The predicted octanol–water partition coefficient (Wildman–Crippen LogP) is 1.98. The van der Waals surface area contributed by atoms with Crippen molar-refractivity contribution < 1.29 is 34.1 Å². The molecule has 1 atom stereocenters. The van der Waals surface area contributed by atoms with Gasteiger partial charge in [-0.3, -0.25) is 4.79 Å². The summed E-state index contributed by atoms with van der Waals surface area (Å²) < 4.78 is 10.6. The van der Waals surface area contributed by atoms with Crippen molar-refractivity contribution in [2.45, 2.75) is 38.9 Å². The standard InChI is InChI=1S/C18H22O7/c1-4-13(11-24-16(21)10-9-15(19)20)25-14-7-5-12(6-8-14)17(22)18(2,3)23/h5-10,13,23H,4,11H2,1-3H3,(H,19,20)/b10-9-. The zero-order chi connectivity index (χ0) is 19.0. The van der Waals surface area contributed by atoms with Crippen molar-refractivity contribution in [3.05, 3.63) is 42.0 Å². The van der Waals surface area contributed by atoms with Gasteiger partial charge in [-0.2, -0.15) is 0 Å². The smallest absolute Gasteiger partial charge is 0.331 e. The van der Waals surface area contributed by atoms with Crippen LogP contribution < -0.4 is 4.74 Å². The molecule has 7 heteroatoms. The van der Waals surface area contributed by atoms with Crippen LogP contribution in [0.4, 0.5) is 0 Å². The number of aliphatic hydroxyl groups is 1. The lowest BCUT2D eigenvalue weighted by molar-refractivity contribution is -0.141. The lowest BCUT2D eigenvalue weighted by atomic mass is 9.97. The Morgan fingerprint density at radius 1 is 1.16 bits per heavy atom. The van der Waals surface area contributed by atoms with Gasteiger partial charge in [0.1, 0.15) is 24.1 Å². The van der Waals surface area contributed by atoms with E-state index in [0.29, 0.717) is 23.8 Å². The first-order valence-corrected chi connectivity index (χ1v) is 7.75. The maximum Gasteiger partial charge on any atom is 0.331 e. The molecule has 0 aliphatic heterocycles. The molecule has 0 heterocycles. The lowest BCUT2D eigenvalue weighted by Gasteiger charge is -2.18. The van der Waals surface area contributed by atoms with Crippen LogP contribution in [-0.4, -0.2) is 46.2 Å². The maximum atomic E-state index is 11.9. The van der Waals surface area contributed by atoms with E-state index in [0.717, 1.165) is 6.08 Å². The first-order chi connectivity index (χ1) is 11.6. The molecule has 0 radical (unpaired) electrons. The molecule has 7 nitrogen and oxygen atoms in total. The number of esters is 1. The van der Waals surface area contributed by atoms with Crippen LogP contribution >= 0.6 is 0 Å². The fraction of sp³-hybridized carbons (Fsp3) is 0.389. The molecular weight excluding hydrogens is 328 g/mol. The molecule has 0 aliphatic carbocycles. The van der Waals surface area contributed by atoms with Crippen molar-refractivity contribution in [2.24, 2.45) is 0 Å². The molecular formula is C18H22O7. The van der Waals surface area contributed by atoms with Gasteiger partial charge >= 0.3 is 11.9 Å². The average molecular weight is 350 g/mol. The zero-order valence-corrected chi connectivity index (χ0v) is 14.4. The first kappa shape index (κ1) is 20.4. The van der Waals surface area contributed by atoms with E-state index in [1.54, 1.807) is 24.3 Å². The Hall–Kier alpha value is -2.67. The first-order valence-electron chi connectivity index (χ1n) is 7.75. The van der Waals surface area contributed by atoms with E-state index >= 15 is 0 Å². The van der Waals surface area contributed by atoms with E-state index in [-0.39, 0.29) is 6.61 Å². The molecule has 1 aromatic carbocycles. The molecule has 25 heavy (non-hydrogen) atoms. The molecule has 0 fully saturated rings. The largest absolute Gasteiger partial charge is 0.487 e. The Labute approximate surface area is 145 Å². The van der Waals surface area contributed by atoms with E-state index in [1.807, 2.05) is 6.92 Å². The average Bonchev–Trinajstić information content (AvgIpc) is 2.55. The summed E-state index contributed by atoms with van der Waals surface area (Å²) in [6.45, 7) is 4.64. The van der Waals surface area contributed by atoms with Gasteiger partial charge in [-0.15, -0.1) is 0 Å². The van der Waals surface area contributed by atoms with Crippen LogP contribution in [-0.2, 0) is 14.3 Å². The highest BCUT2D eigenvalue weighted by atomic mass is 16.6. The second-order valence-electron chi connectivity index (χ2n) is 5.86. The monoisotopic (exact) mass is 350 g/mol. The van der Waals surface area contributed by atoms with Crippen LogP contribution in [0.5, 0.6) is 5.75 Å². The molecule has 136 valence electrons. The number of rotatable bonds is 9. The summed E-state index contributed by atoms with van der Waals surface area (Å²) in [5.74, 6) is -1.92. The zero-order valence-electron chi connectivity index (χ0n) is 14.4. The Balaban J connectivity index is 2.62. The third-order valence-electron chi connectivity index (χ3n) is 3.20. The molecule has 0 aromatic heterocycles. The fourth-order valence-electron chi connectivity index (χ4n) is 1.83. The van der Waals surface area contributed by atoms with E-state index < -0.39 is 29.4 Å². The van der Waals surface area contributed by atoms with Crippen LogP contribution in [0, 0.1) is 0 Å². The SMILES string of the molecule is CCC(COC(=O)/C=C\C(=O)O)Oc1ccc(C(=O)C(C)(C)O)cc1. The summed E-state index contributed by atoms with van der Waals surface area (Å²) in [4.78, 5) is 33.6. The summed E-state index contributed by atoms with van der Waals surface area (Å²) >= 11 is 0. The molecule has 0 saturated heterocycles. The van der Waals surface area contributed by atoms with Gasteiger partial charge in [0.25, 0.3) is 0 Å². The second kappa shape index (κ2) is 8.98. The highest BCUT2D eigenvalue weighted by Gasteiger charge is 2.25. The van der Waals surface area contributed by atoms with Gasteiger partial charge in [0.2, 0.25) is 0 Å². The minimum absolute atomic E-state index is 0.0381. The summed E-state index contributed by atoms with van der Waals surface area (Å²) in [7, 11) is 0. The number of carboxylic acids is 1. The molecule has 2 N–H and O–H groups in total. The van der Waals surface area contributed by atoms with Crippen molar-refractivity contribution >= 4 is 17.7 Å². The number of ketones is 1. The number of carboxylic acid groups (broad SMARTS) is 1. The molecule has 1 unspecified atom stereocenters. The minimum Gasteiger partial charge on any atom is -0.487 e. The van der Waals surface area contributed by atoms with Crippen molar-refractivity contribution in [1.82, 2.24) is 0 Å². The molecule has 0 saturated carbocycles. The van der Waals surface area contributed by atoms with Crippen molar-refractivity contribution in [1.29, 1.82) is 0 Å². The molecule has 1 aromatic rings. The second-order valence-corrected chi connectivity index (χ2v) is 5.86. The molecule has 0 aliphatic rings. The van der Waals surface area contributed by atoms with Crippen molar-refractivity contribution in [3.63, 3.8) is 0 Å². The minimum atomic E-state index is -1.45. The van der Waals surface area contributed by atoms with Crippen LogP contribution in [0.2, 0.25) is 0 Å². The quantitative estimate of drug-likeness (QED) is 0.398. The maximum absolute atomic E-state index is 11.9. The fourth-order valence-corrected chi connectivity index (χ4v) is 1.83. The van der Waals surface area contributed by atoms with E-state index in [9.17, 15) is 19.5 Å². The molecule has 1 rings (SSSR count). The predicted molar refractivity (Wildman–Crippen MR) is 89.5 cm³/mol. The third kappa shape index (κ3) is 7.17. The number of Topliss-reactive ketones (excluding diaryl/α,β-unsaturated/α-hetero) is 1. The van der Waals surface area contributed by atoms with Gasteiger partial charge in [0.05, 0.1) is 0 Å². The number of benzene rings is 1. The number of aliphatic carboxylic acids is 1. The Kier molecular flexibility index (Phi) is 7.32. The normalized spacial score (nSPS) is 12.6. The Morgan fingerprint density at radius 2 is 1.76 bits per heavy atom. The summed E-state index contributed by atoms with van der Waals surface area (Å²) in [5, 5.41) is 18.2. The van der Waals surface area contributed by atoms with E-state index in [2.05, 4.69) is 0 Å². The summed E-state index contributed by atoms with van der Waals surface area (Å²) in [6.07, 6.45) is 1.66.